The molecule has 0 bridgehead atoms. The zero-order valence-corrected chi connectivity index (χ0v) is 13.5. The van der Waals surface area contributed by atoms with Gasteiger partial charge in [0.15, 0.2) is 0 Å². The number of aromatic amines is 1. The molecule has 132 valence electrons. The van der Waals surface area contributed by atoms with Gasteiger partial charge in [0.05, 0.1) is 11.0 Å². The molecule has 0 amide bonds. The number of rotatable bonds is 4. The third-order valence-corrected chi connectivity index (χ3v) is 5.78. The summed E-state index contributed by atoms with van der Waals surface area (Å²) in [6.45, 7) is 0.294. The number of fused-ring (bicyclic) bond motifs is 1. The first-order valence-corrected chi connectivity index (χ1v) is 8.96. The van der Waals surface area contributed by atoms with Gasteiger partial charge in [-0.3, -0.25) is 0 Å². The molecule has 1 aliphatic heterocycles. The Morgan fingerprint density at radius 3 is 2.54 bits per heavy atom. The summed E-state index contributed by atoms with van der Waals surface area (Å²) in [5.41, 5.74) is -3.51. The van der Waals surface area contributed by atoms with Crippen molar-refractivity contribution in [1.29, 1.82) is 0 Å². The van der Waals surface area contributed by atoms with Crippen molar-refractivity contribution in [3.05, 3.63) is 24.3 Å². The summed E-state index contributed by atoms with van der Waals surface area (Å²) >= 11 is 0. The molecule has 0 aliphatic carbocycles. The lowest BCUT2D eigenvalue weighted by molar-refractivity contribution is -0.0496. The molecule has 0 spiro atoms. The molecule has 0 unspecified atom stereocenters. The second-order valence-corrected chi connectivity index (χ2v) is 7.71. The number of halogens is 3. The van der Waals surface area contributed by atoms with Crippen LogP contribution in [0.1, 0.15) is 12.8 Å². The number of imidazole rings is 1. The highest BCUT2D eigenvalue weighted by molar-refractivity contribution is 7.90. The average Bonchev–Trinajstić information content (AvgIpc) is 2.95. The van der Waals surface area contributed by atoms with Crippen LogP contribution in [0.25, 0.3) is 11.0 Å². The molecule has 1 fully saturated rings. The van der Waals surface area contributed by atoms with Crippen LogP contribution in [-0.2, 0) is 10.0 Å². The van der Waals surface area contributed by atoms with Crippen molar-refractivity contribution >= 4 is 27.0 Å². The smallest absolute Gasteiger partial charge is 0.356 e. The summed E-state index contributed by atoms with van der Waals surface area (Å²) in [5.74, 6) is 0.694. The number of sulfonamides is 1. The lowest BCUT2D eigenvalue weighted by Crippen LogP contribution is -2.45. The van der Waals surface area contributed by atoms with Gasteiger partial charge in [-0.15, -0.1) is 0 Å². The van der Waals surface area contributed by atoms with Crippen molar-refractivity contribution in [3.63, 3.8) is 0 Å². The predicted octanol–water partition coefficient (Wildman–Crippen LogP) is 2.54. The minimum atomic E-state index is -5.23. The Bertz CT molecular complexity index is 778. The minimum absolute atomic E-state index is 0.0953. The van der Waals surface area contributed by atoms with Crippen molar-refractivity contribution in [3.8, 4) is 0 Å². The number of hydrogen-bond acceptors (Lipinski definition) is 4. The minimum Gasteiger partial charge on any atom is -0.356 e. The number of piperidine rings is 1. The van der Waals surface area contributed by atoms with Crippen LogP contribution in [0.4, 0.5) is 19.1 Å². The van der Waals surface area contributed by atoms with Gasteiger partial charge in [-0.25, -0.2) is 13.4 Å². The predicted molar refractivity (Wildman–Crippen MR) is 83.9 cm³/mol. The fraction of sp³-hybridized carbons (Fsp3) is 0.500. The Morgan fingerprint density at radius 2 is 1.92 bits per heavy atom. The second kappa shape index (κ2) is 6.25. The van der Waals surface area contributed by atoms with Gasteiger partial charge >= 0.3 is 15.5 Å². The van der Waals surface area contributed by atoms with Gasteiger partial charge in [-0.1, -0.05) is 12.1 Å². The van der Waals surface area contributed by atoms with E-state index in [9.17, 15) is 21.6 Å². The first-order chi connectivity index (χ1) is 11.3. The first kappa shape index (κ1) is 17.0. The van der Waals surface area contributed by atoms with Crippen LogP contribution in [0.3, 0.4) is 0 Å². The summed E-state index contributed by atoms with van der Waals surface area (Å²) in [6, 6.07) is 7.54. The third-order valence-electron chi connectivity index (χ3n) is 4.15. The molecule has 6 nitrogen and oxygen atoms in total. The monoisotopic (exact) mass is 362 g/mol. The number of H-pyrrole nitrogens is 1. The van der Waals surface area contributed by atoms with E-state index in [0.717, 1.165) is 11.0 Å². The molecule has 1 aliphatic rings. The summed E-state index contributed by atoms with van der Waals surface area (Å²) < 4.78 is 60.8. The molecule has 0 radical (unpaired) electrons. The number of hydrogen-bond donors (Lipinski definition) is 2. The number of aromatic nitrogens is 2. The number of para-hydroxylation sites is 2. The maximum absolute atomic E-state index is 12.5. The standard InChI is InChI=1S/C14H17F3N4O2S/c15-14(16,17)24(22,23)21-7-5-10(6-8-21)9-18-13-19-11-3-1-2-4-12(11)20-13/h1-4,10H,5-9H2,(H2,18,19,20). The molecule has 1 aromatic carbocycles. The van der Waals surface area contributed by atoms with Crippen LogP contribution < -0.4 is 5.32 Å². The average molecular weight is 362 g/mol. The van der Waals surface area contributed by atoms with E-state index >= 15 is 0 Å². The third kappa shape index (κ3) is 3.34. The van der Waals surface area contributed by atoms with E-state index in [0.29, 0.717) is 29.6 Å². The molecule has 2 aromatic rings. The summed E-state index contributed by atoms with van der Waals surface area (Å²) in [5, 5.41) is 3.13. The van der Waals surface area contributed by atoms with Crippen LogP contribution >= 0.6 is 0 Å². The van der Waals surface area contributed by atoms with E-state index in [4.69, 9.17) is 0 Å². The van der Waals surface area contributed by atoms with E-state index in [-0.39, 0.29) is 19.0 Å². The van der Waals surface area contributed by atoms with Crippen LogP contribution in [0.5, 0.6) is 0 Å². The van der Waals surface area contributed by atoms with Gasteiger partial charge in [0.1, 0.15) is 0 Å². The largest absolute Gasteiger partial charge is 0.511 e. The molecule has 1 saturated heterocycles. The lowest BCUT2D eigenvalue weighted by Gasteiger charge is -2.31. The molecule has 0 atom stereocenters. The Morgan fingerprint density at radius 1 is 1.25 bits per heavy atom. The number of anilines is 1. The fourth-order valence-electron chi connectivity index (χ4n) is 2.78. The quantitative estimate of drug-likeness (QED) is 0.876. The molecule has 2 N–H and O–H groups in total. The molecule has 24 heavy (non-hydrogen) atoms. The van der Waals surface area contributed by atoms with Crippen LogP contribution in [-0.4, -0.2) is 47.8 Å². The van der Waals surface area contributed by atoms with Crippen molar-refractivity contribution in [2.24, 2.45) is 5.92 Å². The van der Waals surface area contributed by atoms with Gasteiger partial charge in [0.2, 0.25) is 5.95 Å². The van der Waals surface area contributed by atoms with Gasteiger partial charge < -0.3 is 10.3 Å². The Balaban J connectivity index is 1.54. The van der Waals surface area contributed by atoms with Gasteiger partial charge in [0, 0.05) is 19.6 Å². The van der Waals surface area contributed by atoms with Crippen LogP contribution in [0, 0.1) is 5.92 Å². The molecular weight excluding hydrogens is 345 g/mol. The van der Waals surface area contributed by atoms with E-state index in [2.05, 4.69) is 15.3 Å². The normalized spacial score (nSPS) is 18.1. The maximum atomic E-state index is 12.5. The Labute approximate surface area is 137 Å². The van der Waals surface area contributed by atoms with E-state index in [1.165, 1.54) is 0 Å². The summed E-state index contributed by atoms with van der Waals surface area (Å²) in [7, 11) is -5.21. The van der Waals surface area contributed by atoms with E-state index in [1.807, 2.05) is 24.3 Å². The lowest BCUT2D eigenvalue weighted by atomic mass is 9.98. The number of benzene rings is 1. The number of nitrogens with zero attached hydrogens (tertiary/aromatic N) is 2. The van der Waals surface area contributed by atoms with E-state index < -0.39 is 15.5 Å². The Kier molecular flexibility index (Phi) is 4.43. The van der Waals surface area contributed by atoms with E-state index in [1.54, 1.807) is 0 Å². The van der Waals surface area contributed by atoms with Gasteiger partial charge in [-0.2, -0.15) is 17.5 Å². The zero-order valence-electron chi connectivity index (χ0n) is 12.7. The highest BCUT2D eigenvalue weighted by Crippen LogP contribution is 2.30. The van der Waals surface area contributed by atoms with Crippen LogP contribution in [0.15, 0.2) is 24.3 Å². The highest BCUT2D eigenvalue weighted by atomic mass is 32.2. The Hall–Kier alpha value is -1.81. The summed E-state index contributed by atoms with van der Waals surface area (Å²) in [4.78, 5) is 7.47. The molecule has 0 saturated carbocycles. The SMILES string of the molecule is O=S(=O)(N1CCC(CNc2nc3ccccc3[nH]2)CC1)C(F)(F)F. The zero-order chi connectivity index (χ0) is 17.4. The van der Waals surface area contributed by atoms with Crippen molar-refractivity contribution in [2.45, 2.75) is 18.3 Å². The number of nitrogens with one attached hydrogen (secondary N) is 2. The fourth-order valence-corrected chi connectivity index (χ4v) is 3.76. The first-order valence-electron chi connectivity index (χ1n) is 7.52. The summed E-state index contributed by atoms with van der Waals surface area (Å²) in [6.07, 6.45) is 0.755. The van der Waals surface area contributed by atoms with Crippen molar-refractivity contribution in [2.75, 3.05) is 25.0 Å². The topological polar surface area (TPSA) is 78.1 Å². The molecule has 3 rings (SSSR count). The molecule has 10 heteroatoms. The highest BCUT2D eigenvalue weighted by Gasteiger charge is 2.50. The number of alkyl halides is 3. The maximum Gasteiger partial charge on any atom is 0.511 e. The van der Waals surface area contributed by atoms with Gasteiger partial charge in [-0.05, 0) is 30.9 Å². The van der Waals surface area contributed by atoms with Crippen molar-refractivity contribution in [1.82, 2.24) is 14.3 Å². The van der Waals surface area contributed by atoms with Gasteiger partial charge in [0.25, 0.3) is 0 Å². The van der Waals surface area contributed by atoms with Crippen LogP contribution in [0.2, 0.25) is 0 Å². The molecular formula is C14H17F3N4O2S. The van der Waals surface area contributed by atoms with Crippen molar-refractivity contribution < 1.29 is 21.6 Å². The molecule has 1 aromatic heterocycles. The molecule has 2 heterocycles. The second-order valence-electron chi connectivity index (χ2n) is 5.78.